The maximum Gasteiger partial charge on any atom is 0.171 e. The maximum atomic E-state index is 9.47. The second kappa shape index (κ2) is 2.44. The van der Waals surface area contributed by atoms with Crippen LogP contribution in [0.2, 0.25) is 0 Å². The summed E-state index contributed by atoms with van der Waals surface area (Å²) in [4.78, 5) is 0. The standard InChI is InChI=1S/C6H4.FI/c1-2-5-4-6(5)3-1;1-2/h1-4H;. The zero-order valence-electron chi connectivity index (χ0n) is 4.07. The van der Waals surface area contributed by atoms with E-state index in [0.29, 0.717) is 23.2 Å². The van der Waals surface area contributed by atoms with E-state index < -0.39 is 0 Å². The van der Waals surface area contributed by atoms with E-state index in [9.17, 15) is 2.86 Å². The molecule has 2 aliphatic rings. The van der Waals surface area contributed by atoms with Crippen molar-refractivity contribution in [2.45, 2.75) is 0 Å². The molecule has 0 saturated heterocycles. The van der Waals surface area contributed by atoms with Gasteiger partial charge in [0.1, 0.15) is 0 Å². The highest BCUT2D eigenvalue weighted by molar-refractivity contribution is 14.1. The van der Waals surface area contributed by atoms with Gasteiger partial charge in [-0.2, -0.15) is 2.86 Å². The molecule has 0 aromatic heterocycles. The van der Waals surface area contributed by atoms with Crippen molar-refractivity contribution in [1.29, 1.82) is 0 Å². The van der Waals surface area contributed by atoms with Crippen molar-refractivity contribution in [3.63, 3.8) is 0 Å². The Bertz CT molecular complexity index is 168. The minimum atomic E-state index is 0.650. The van der Waals surface area contributed by atoms with Crippen LogP contribution in [0, 0.1) is 0 Å². The average Bonchev–Trinajstić information content (AvgIpc) is 2.46. The normalized spacial score (nSPS) is 9.25. The van der Waals surface area contributed by atoms with Gasteiger partial charge in [-0.3, -0.25) is 0 Å². The molecule has 0 spiro atoms. The monoisotopic (exact) mass is 222 g/mol. The van der Waals surface area contributed by atoms with Gasteiger partial charge >= 0.3 is 0 Å². The number of hydrogen-bond acceptors (Lipinski definition) is 0. The molecule has 0 bridgehead atoms. The van der Waals surface area contributed by atoms with E-state index in [1.54, 1.807) is 0 Å². The Hall–Kier alpha value is -0.120. The first-order chi connectivity index (χ1) is 3.97. The first-order valence-corrected chi connectivity index (χ1v) is 3.03. The lowest BCUT2D eigenvalue weighted by molar-refractivity contribution is 1.03. The van der Waals surface area contributed by atoms with Crippen molar-refractivity contribution in [3.8, 4) is 11.1 Å². The molecule has 0 atom stereocenters. The van der Waals surface area contributed by atoms with Crippen molar-refractivity contribution in [2.24, 2.45) is 0 Å². The van der Waals surface area contributed by atoms with Crippen LogP contribution in [0.15, 0.2) is 24.3 Å². The van der Waals surface area contributed by atoms with Gasteiger partial charge in [-0.1, -0.05) is 18.2 Å². The highest BCUT2D eigenvalue weighted by atomic mass is 127. The summed E-state index contributed by atoms with van der Waals surface area (Å²) in [5.74, 6) is 0. The largest absolute Gasteiger partial charge is 0.171 e. The fourth-order valence-electron chi connectivity index (χ4n) is 0.676. The lowest BCUT2D eigenvalue weighted by Gasteiger charge is -1.48. The number of hydrogen-bond donors (Lipinski definition) is 0. The Kier molecular flexibility index (Phi) is 1.83. The summed E-state index contributed by atoms with van der Waals surface area (Å²) in [6, 6.07) is 8.48. The van der Waals surface area contributed by atoms with Crippen LogP contribution in [0.25, 0.3) is 11.1 Å². The lowest BCUT2D eigenvalue weighted by atomic mass is 10.6. The molecule has 0 aromatic rings. The quantitative estimate of drug-likeness (QED) is 0.601. The average molecular weight is 222 g/mol. The Morgan fingerprint density at radius 2 is 1.62 bits per heavy atom. The molecule has 8 heavy (non-hydrogen) atoms. The molecule has 0 saturated carbocycles. The maximum absolute atomic E-state index is 9.47. The van der Waals surface area contributed by atoms with Crippen LogP contribution in [0.4, 0.5) is 2.86 Å². The Labute approximate surface area is 61.6 Å². The van der Waals surface area contributed by atoms with Gasteiger partial charge in [0.15, 0.2) is 23.2 Å². The van der Waals surface area contributed by atoms with Gasteiger partial charge in [0.2, 0.25) is 0 Å². The molecule has 2 rings (SSSR count). The first-order valence-electron chi connectivity index (χ1n) is 2.21. The highest BCUT2D eigenvalue weighted by Crippen LogP contribution is 2.32. The summed E-state index contributed by atoms with van der Waals surface area (Å²) >= 11 is 0.650. The van der Waals surface area contributed by atoms with E-state index in [0.717, 1.165) is 0 Å². The van der Waals surface area contributed by atoms with Crippen LogP contribution in [0.1, 0.15) is 0 Å². The predicted molar refractivity (Wildman–Crippen MR) is 40.6 cm³/mol. The lowest BCUT2D eigenvalue weighted by Crippen LogP contribution is -1.23. The molecule has 0 N–H and O–H groups in total. The van der Waals surface area contributed by atoms with Crippen molar-refractivity contribution in [1.82, 2.24) is 0 Å². The van der Waals surface area contributed by atoms with Gasteiger partial charge in [-0.15, -0.1) is 0 Å². The Balaban J connectivity index is 0.000000147. The molecule has 42 valence electrons. The van der Waals surface area contributed by atoms with Crippen LogP contribution >= 0.6 is 23.2 Å². The second-order valence-corrected chi connectivity index (χ2v) is 1.58. The molecule has 0 amide bonds. The summed E-state index contributed by atoms with van der Waals surface area (Å²) in [7, 11) is 0. The molecule has 2 heteroatoms. The molecule has 0 unspecified atom stereocenters. The molecule has 2 aliphatic carbocycles. The van der Waals surface area contributed by atoms with Gasteiger partial charge in [0.05, 0.1) is 0 Å². The topological polar surface area (TPSA) is 0 Å². The van der Waals surface area contributed by atoms with Crippen molar-refractivity contribution < 1.29 is 2.86 Å². The molecule has 0 radical (unpaired) electrons. The summed E-state index contributed by atoms with van der Waals surface area (Å²) in [5, 5.41) is 0. The first kappa shape index (κ1) is 6.01. The molecule has 0 aliphatic heterocycles. The third-order valence-electron chi connectivity index (χ3n) is 1.11. The molecule has 0 fully saturated rings. The van der Waals surface area contributed by atoms with Gasteiger partial charge in [0.25, 0.3) is 0 Å². The van der Waals surface area contributed by atoms with E-state index in [2.05, 4.69) is 24.3 Å². The van der Waals surface area contributed by atoms with Crippen molar-refractivity contribution >= 4 is 23.2 Å². The highest BCUT2D eigenvalue weighted by Gasteiger charge is 2.06. The van der Waals surface area contributed by atoms with Crippen LogP contribution < -0.4 is 0 Å². The Morgan fingerprint density at radius 3 is 1.75 bits per heavy atom. The van der Waals surface area contributed by atoms with E-state index >= 15 is 0 Å². The SMILES string of the molecule is FI.c1cc2cc-2c1. The van der Waals surface area contributed by atoms with E-state index in [4.69, 9.17) is 0 Å². The van der Waals surface area contributed by atoms with Gasteiger partial charge < -0.3 is 0 Å². The summed E-state index contributed by atoms with van der Waals surface area (Å²) in [6.45, 7) is 0. The predicted octanol–water partition coefficient (Wildman–Crippen LogP) is 2.97. The number of halogens is 2. The summed E-state index contributed by atoms with van der Waals surface area (Å²) < 4.78 is 9.47. The third-order valence-corrected chi connectivity index (χ3v) is 1.11. The summed E-state index contributed by atoms with van der Waals surface area (Å²) in [6.07, 6.45) is 0. The Morgan fingerprint density at radius 1 is 1.12 bits per heavy atom. The fourth-order valence-corrected chi connectivity index (χ4v) is 0.676. The smallest absolute Gasteiger partial charge is 0.171 e. The molecule has 0 heterocycles. The number of fused-ring (bicyclic) bond motifs is 1. The number of rotatable bonds is 0. The van der Waals surface area contributed by atoms with E-state index in [1.807, 2.05) is 0 Å². The van der Waals surface area contributed by atoms with Gasteiger partial charge in [-0.25, -0.2) is 0 Å². The molecular weight excluding hydrogens is 218 g/mol. The zero-order valence-corrected chi connectivity index (χ0v) is 6.22. The van der Waals surface area contributed by atoms with Crippen LogP contribution in [0.3, 0.4) is 0 Å². The van der Waals surface area contributed by atoms with Crippen molar-refractivity contribution in [3.05, 3.63) is 24.3 Å². The fraction of sp³-hybridized carbons (Fsp3) is 0. The third kappa shape index (κ3) is 0.992. The van der Waals surface area contributed by atoms with Gasteiger partial charge in [-0.05, 0) is 17.2 Å². The van der Waals surface area contributed by atoms with Crippen LogP contribution in [0.5, 0.6) is 0 Å². The van der Waals surface area contributed by atoms with Crippen molar-refractivity contribution in [2.75, 3.05) is 0 Å². The van der Waals surface area contributed by atoms with E-state index in [-0.39, 0.29) is 0 Å². The zero-order chi connectivity index (χ0) is 5.98. The van der Waals surface area contributed by atoms with Gasteiger partial charge in [0, 0.05) is 0 Å². The second-order valence-electron chi connectivity index (χ2n) is 1.58. The van der Waals surface area contributed by atoms with Crippen LogP contribution in [-0.2, 0) is 0 Å². The van der Waals surface area contributed by atoms with Crippen LogP contribution in [-0.4, -0.2) is 0 Å². The molecule has 0 nitrogen and oxygen atoms in total. The number of benzene rings is 1. The summed E-state index contributed by atoms with van der Waals surface area (Å²) in [5.41, 5.74) is 2.85. The molecule has 0 aromatic carbocycles. The minimum Gasteiger partial charge on any atom is -0.171 e. The molecular formula is C6H4FI. The minimum absolute atomic E-state index is 0.650. The van der Waals surface area contributed by atoms with E-state index in [1.165, 1.54) is 11.1 Å².